The van der Waals surface area contributed by atoms with E-state index < -0.39 is 11.6 Å². The average molecular weight is 387 g/mol. The molecule has 1 saturated heterocycles. The van der Waals surface area contributed by atoms with Crippen LogP contribution < -0.4 is 5.32 Å². The Kier molecular flexibility index (Phi) is 4.01. The molecule has 0 unspecified atom stereocenters. The number of hydrogen-bond donors (Lipinski definition) is 1. The molecule has 6 heteroatoms. The lowest BCUT2D eigenvalue weighted by atomic mass is 9.89. The molecule has 1 N–H and O–H groups in total. The van der Waals surface area contributed by atoms with Crippen molar-refractivity contribution in [2.24, 2.45) is 0 Å². The highest BCUT2D eigenvalue weighted by Crippen LogP contribution is 2.33. The summed E-state index contributed by atoms with van der Waals surface area (Å²) < 4.78 is 5.40. The van der Waals surface area contributed by atoms with Crippen molar-refractivity contribution in [2.75, 3.05) is 0 Å². The van der Waals surface area contributed by atoms with Gasteiger partial charge in [-0.1, -0.05) is 53.7 Å². The highest BCUT2D eigenvalue weighted by molar-refractivity contribution is 6.07. The molecule has 0 saturated carbocycles. The topological polar surface area (TPSA) is 75.4 Å². The Morgan fingerprint density at radius 3 is 2.69 bits per heavy atom. The minimum Gasteiger partial charge on any atom is -0.356 e. The molecule has 6 nitrogen and oxygen atoms in total. The molecule has 0 bridgehead atoms. The van der Waals surface area contributed by atoms with E-state index in [2.05, 4.69) is 22.6 Å². The molecule has 5 rings (SSSR count). The van der Waals surface area contributed by atoms with Crippen molar-refractivity contribution in [3.05, 3.63) is 77.0 Å². The largest absolute Gasteiger partial charge is 0.356 e. The van der Waals surface area contributed by atoms with Crippen LogP contribution in [0.5, 0.6) is 0 Å². The van der Waals surface area contributed by atoms with Crippen LogP contribution in [-0.4, -0.2) is 22.0 Å². The molecular formula is C23H21N3O3. The van der Waals surface area contributed by atoms with E-state index >= 15 is 0 Å². The molecule has 1 aliphatic heterocycles. The molecule has 3 aromatic rings. The number of nitrogens with one attached hydrogen (secondary N) is 1. The summed E-state index contributed by atoms with van der Waals surface area (Å²) in [6, 6.07) is 17.0. The Morgan fingerprint density at radius 2 is 1.86 bits per heavy atom. The lowest BCUT2D eigenvalue weighted by molar-refractivity contribution is -0.131. The van der Waals surface area contributed by atoms with E-state index in [1.807, 2.05) is 36.4 Å². The van der Waals surface area contributed by atoms with Crippen molar-refractivity contribution in [1.29, 1.82) is 0 Å². The van der Waals surface area contributed by atoms with Crippen molar-refractivity contribution < 1.29 is 14.1 Å². The first-order valence-electron chi connectivity index (χ1n) is 9.82. The molecule has 2 heterocycles. The van der Waals surface area contributed by atoms with Crippen molar-refractivity contribution in [1.82, 2.24) is 15.4 Å². The predicted molar refractivity (Wildman–Crippen MR) is 107 cm³/mol. The molecule has 1 aliphatic carbocycles. The van der Waals surface area contributed by atoms with E-state index in [4.69, 9.17) is 4.52 Å². The molecule has 29 heavy (non-hydrogen) atoms. The summed E-state index contributed by atoms with van der Waals surface area (Å²) in [5.41, 5.74) is 3.79. The van der Waals surface area contributed by atoms with Crippen LogP contribution in [0.25, 0.3) is 11.3 Å². The number of imide groups is 1. The third-order valence-electron chi connectivity index (χ3n) is 5.89. The van der Waals surface area contributed by atoms with Gasteiger partial charge in [0.25, 0.3) is 5.91 Å². The summed E-state index contributed by atoms with van der Waals surface area (Å²) in [7, 11) is 0. The van der Waals surface area contributed by atoms with Gasteiger partial charge in [0.1, 0.15) is 11.2 Å². The Hall–Kier alpha value is -3.41. The molecule has 1 aromatic heterocycles. The van der Waals surface area contributed by atoms with Gasteiger partial charge in [0, 0.05) is 11.6 Å². The zero-order valence-electron chi connectivity index (χ0n) is 16.1. The number of aryl methyl sites for hydroxylation is 2. The second-order valence-corrected chi connectivity index (χ2v) is 7.83. The number of aromatic nitrogens is 1. The maximum Gasteiger partial charge on any atom is 0.325 e. The fourth-order valence-electron chi connectivity index (χ4n) is 4.21. The zero-order valence-corrected chi connectivity index (χ0v) is 16.1. The fraction of sp³-hybridized carbons (Fsp3) is 0.261. The van der Waals surface area contributed by atoms with E-state index in [1.165, 1.54) is 16.0 Å². The molecule has 1 atom stereocenters. The summed E-state index contributed by atoms with van der Waals surface area (Å²) >= 11 is 0. The number of amides is 3. The van der Waals surface area contributed by atoms with Crippen LogP contribution in [0.3, 0.4) is 0 Å². The number of hydrogen-bond acceptors (Lipinski definition) is 4. The van der Waals surface area contributed by atoms with Crippen molar-refractivity contribution >= 4 is 11.9 Å². The van der Waals surface area contributed by atoms with Crippen LogP contribution in [0.4, 0.5) is 4.79 Å². The molecule has 146 valence electrons. The minimum atomic E-state index is -1.07. The van der Waals surface area contributed by atoms with E-state index in [-0.39, 0.29) is 12.5 Å². The average Bonchev–Trinajstić information content (AvgIpc) is 3.44. The van der Waals surface area contributed by atoms with Gasteiger partial charge in [-0.25, -0.2) is 4.79 Å². The van der Waals surface area contributed by atoms with E-state index in [0.717, 1.165) is 30.4 Å². The Bertz CT molecular complexity index is 1110. The number of carbonyl (C=O) groups is 2. The van der Waals surface area contributed by atoms with E-state index in [1.54, 1.807) is 13.0 Å². The Labute approximate surface area is 168 Å². The Morgan fingerprint density at radius 1 is 1.07 bits per heavy atom. The first kappa shape index (κ1) is 17.7. The third kappa shape index (κ3) is 2.92. The SMILES string of the molecule is C[C@@]1(c2ccc3c(c2)CCC3)NC(=O)N(Cc2cc(-c3ccccc3)on2)C1=O. The highest BCUT2D eigenvalue weighted by Gasteiger charge is 2.49. The Balaban J connectivity index is 1.39. The normalized spacial score (nSPS) is 20.8. The number of carbonyl (C=O) groups excluding carboxylic acids is 2. The van der Waals surface area contributed by atoms with Gasteiger partial charge >= 0.3 is 6.03 Å². The zero-order chi connectivity index (χ0) is 20.0. The highest BCUT2D eigenvalue weighted by atomic mass is 16.5. The fourth-order valence-corrected chi connectivity index (χ4v) is 4.21. The summed E-state index contributed by atoms with van der Waals surface area (Å²) in [6.07, 6.45) is 3.23. The van der Waals surface area contributed by atoms with Gasteiger partial charge in [-0.2, -0.15) is 0 Å². The van der Waals surface area contributed by atoms with Crippen LogP contribution in [0, 0.1) is 0 Å². The number of benzene rings is 2. The second kappa shape index (κ2) is 6.58. The summed E-state index contributed by atoms with van der Waals surface area (Å²) in [6.45, 7) is 1.84. The molecule has 0 radical (unpaired) electrons. The van der Waals surface area contributed by atoms with Gasteiger partial charge in [-0.3, -0.25) is 9.69 Å². The second-order valence-electron chi connectivity index (χ2n) is 7.83. The number of rotatable bonds is 4. The lowest BCUT2D eigenvalue weighted by Gasteiger charge is -2.23. The van der Waals surface area contributed by atoms with Gasteiger partial charge in [-0.15, -0.1) is 0 Å². The smallest absolute Gasteiger partial charge is 0.325 e. The van der Waals surface area contributed by atoms with Crippen LogP contribution in [0.1, 0.15) is 35.7 Å². The quantitative estimate of drug-likeness (QED) is 0.691. The van der Waals surface area contributed by atoms with Gasteiger partial charge in [-0.05, 0) is 42.9 Å². The van der Waals surface area contributed by atoms with Crippen LogP contribution >= 0.6 is 0 Å². The molecule has 0 spiro atoms. The van der Waals surface area contributed by atoms with E-state index in [9.17, 15) is 9.59 Å². The molecule has 3 amide bonds. The molecule has 2 aromatic carbocycles. The van der Waals surface area contributed by atoms with Crippen molar-refractivity contribution in [3.63, 3.8) is 0 Å². The minimum absolute atomic E-state index is 0.0710. The van der Waals surface area contributed by atoms with Gasteiger partial charge in [0.15, 0.2) is 5.76 Å². The van der Waals surface area contributed by atoms with Crippen LogP contribution in [0.2, 0.25) is 0 Å². The van der Waals surface area contributed by atoms with Gasteiger partial charge in [0.05, 0.1) is 6.54 Å². The standard InChI is InChI=1S/C23H21N3O3/c1-23(18-11-10-15-8-5-9-17(15)12-18)21(27)26(22(28)24-23)14-19-13-20(29-25-19)16-6-3-2-4-7-16/h2-4,6-7,10-13H,5,8-9,14H2,1H3,(H,24,28)/t23-/m0/s1. The number of fused-ring (bicyclic) bond motifs is 1. The third-order valence-corrected chi connectivity index (χ3v) is 5.89. The first-order valence-corrected chi connectivity index (χ1v) is 9.82. The summed E-state index contributed by atoms with van der Waals surface area (Å²) in [5.74, 6) is 0.332. The molecule has 1 fully saturated rings. The van der Waals surface area contributed by atoms with Gasteiger partial charge < -0.3 is 9.84 Å². The van der Waals surface area contributed by atoms with Crippen LogP contribution in [0.15, 0.2) is 59.1 Å². The first-order chi connectivity index (χ1) is 14.0. The van der Waals surface area contributed by atoms with Gasteiger partial charge in [0.2, 0.25) is 0 Å². The lowest BCUT2D eigenvalue weighted by Crippen LogP contribution is -2.41. The number of urea groups is 1. The van der Waals surface area contributed by atoms with E-state index in [0.29, 0.717) is 11.5 Å². The van der Waals surface area contributed by atoms with Crippen molar-refractivity contribution in [3.8, 4) is 11.3 Å². The maximum absolute atomic E-state index is 13.2. The summed E-state index contributed by atoms with van der Waals surface area (Å²) in [5, 5.41) is 6.92. The van der Waals surface area contributed by atoms with Crippen LogP contribution in [-0.2, 0) is 29.7 Å². The molecular weight excluding hydrogens is 366 g/mol. The predicted octanol–water partition coefficient (Wildman–Crippen LogP) is 3.80. The summed E-state index contributed by atoms with van der Waals surface area (Å²) in [4.78, 5) is 27.0. The number of nitrogens with zero attached hydrogens (tertiary/aromatic N) is 2. The van der Waals surface area contributed by atoms with Crippen molar-refractivity contribution in [2.45, 2.75) is 38.3 Å². The maximum atomic E-state index is 13.2. The monoisotopic (exact) mass is 387 g/mol. The molecule has 2 aliphatic rings.